The Morgan fingerprint density at radius 2 is 2.00 bits per heavy atom. The summed E-state index contributed by atoms with van der Waals surface area (Å²) in [5.74, 6) is 0.692. The summed E-state index contributed by atoms with van der Waals surface area (Å²) in [6, 6.07) is 11.3. The predicted octanol–water partition coefficient (Wildman–Crippen LogP) is 3.37. The zero-order valence-corrected chi connectivity index (χ0v) is 18.5. The SMILES string of the molecule is O=C(CSc1ccccn1)Nc1ccc2nc(SCC(=O)N3CCOCC3)sc2c1. The number of ether oxygens (including phenoxy) is 1. The molecule has 1 N–H and O–H groups in total. The summed E-state index contributed by atoms with van der Waals surface area (Å²) >= 11 is 4.37. The van der Waals surface area contributed by atoms with Crippen molar-refractivity contribution in [2.45, 2.75) is 9.37 Å². The molecule has 7 nitrogen and oxygen atoms in total. The number of nitrogens with one attached hydrogen (secondary N) is 1. The summed E-state index contributed by atoms with van der Waals surface area (Å²) in [5.41, 5.74) is 1.60. The van der Waals surface area contributed by atoms with Crippen molar-refractivity contribution in [3.8, 4) is 0 Å². The zero-order chi connectivity index (χ0) is 20.8. The second kappa shape index (κ2) is 10.3. The highest BCUT2D eigenvalue weighted by Crippen LogP contribution is 2.31. The molecule has 0 atom stereocenters. The number of thioether (sulfide) groups is 2. The van der Waals surface area contributed by atoms with Crippen molar-refractivity contribution in [2.75, 3.05) is 43.1 Å². The van der Waals surface area contributed by atoms with Gasteiger partial charge in [-0.2, -0.15) is 0 Å². The third kappa shape index (κ3) is 5.72. The van der Waals surface area contributed by atoms with Crippen molar-refractivity contribution in [1.82, 2.24) is 14.9 Å². The summed E-state index contributed by atoms with van der Waals surface area (Å²) in [4.78, 5) is 35.1. The van der Waals surface area contributed by atoms with Crippen molar-refractivity contribution in [3.63, 3.8) is 0 Å². The van der Waals surface area contributed by atoms with Crippen LogP contribution in [0.15, 0.2) is 52.0 Å². The van der Waals surface area contributed by atoms with Gasteiger partial charge < -0.3 is 15.0 Å². The van der Waals surface area contributed by atoms with E-state index in [1.807, 2.05) is 41.3 Å². The van der Waals surface area contributed by atoms with E-state index in [1.165, 1.54) is 34.9 Å². The van der Waals surface area contributed by atoms with E-state index in [-0.39, 0.29) is 11.8 Å². The molecule has 4 rings (SSSR count). The standard InChI is InChI=1S/C20H20N4O3S3/c25-17(12-28-18-3-1-2-6-21-18)22-14-4-5-15-16(11-14)30-20(23-15)29-13-19(26)24-7-9-27-10-8-24/h1-6,11H,7-10,12-13H2,(H,22,25). The summed E-state index contributed by atoms with van der Waals surface area (Å²) in [6.07, 6.45) is 1.71. The van der Waals surface area contributed by atoms with E-state index in [2.05, 4.69) is 15.3 Å². The van der Waals surface area contributed by atoms with Crippen molar-refractivity contribution in [2.24, 2.45) is 0 Å². The minimum atomic E-state index is -0.0831. The fourth-order valence-corrected chi connectivity index (χ4v) is 5.51. The molecule has 3 aromatic rings. The Bertz CT molecular complexity index is 1020. The number of thiazole rings is 1. The van der Waals surface area contributed by atoms with Crippen LogP contribution in [-0.2, 0) is 14.3 Å². The van der Waals surface area contributed by atoms with Crippen LogP contribution in [0.5, 0.6) is 0 Å². The Morgan fingerprint density at radius 1 is 1.13 bits per heavy atom. The number of pyridine rings is 1. The van der Waals surface area contributed by atoms with Crippen LogP contribution in [0.3, 0.4) is 0 Å². The van der Waals surface area contributed by atoms with E-state index >= 15 is 0 Å². The smallest absolute Gasteiger partial charge is 0.234 e. The molecule has 0 aliphatic carbocycles. The van der Waals surface area contributed by atoms with E-state index < -0.39 is 0 Å². The van der Waals surface area contributed by atoms with Gasteiger partial charge in [0.05, 0.1) is 40.0 Å². The normalized spacial score (nSPS) is 14.1. The lowest BCUT2D eigenvalue weighted by Gasteiger charge is -2.26. The van der Waals surface area contributed by atoms with Gasteiger partial charge in [-0.1, -0.05) is 29.6 Å². The second-order valence-electron chi connectivity index (χ2n) is 6.45. The van der Waals surface area contributed by atoms with Crippen LogP contribution in [0.1, 0.15) is 0 Å². The average Bonchev–Trinajstić information content (AvgIpc) is 3.19. The lowest BCUT2D eigenvalue weighted by molar-refractivity contribution is -0.132. The van der Waals surface area contributed by atoms with Crippen molar-refractivity contribution >= 4 is 62.6 Å². The Balaban J connectivity index is 1.31. The minimum absolute atomic E-state index is 0.0831. The number of hydrogen-bond donors (Lipinski definition) is 1. The van der Waals surface area contributed by atoms with E-state index in [4.69, 9.17) is 4.74 Å². The lowest BCUT2D eigenvalue weighted by Crippen LogP contribution is -2.41. The van der Waals surface area contributed by atoms with Crippen LogP contribution in [-0.4, -0.2) is 64.5 Å². The Labute approximate surface area is 186 Å². The van der Waals surface area contributed by atoms with Crippen LogP contribution < -0.4 is 5.32 Å². The first kappa shape index (κ1) is 21.1. The predicted molar refractivity (Wildman–Crippen MR) is 121 cm³/mol. The third-order valence-electron chi connectivity index (χ3n) is 4.32. The van der Waals surface area contributed by atoms with Gasteiger partial charge in [-0.05, 0) is 30.3 Å². The molecule has 1 fully saturated rings. The van der Waals surface area contributed by atoms with Crippen molar-refractivity contribution < 1.29 is 14.3 Å². The van der Waals surface area contributed by atoms with Crippen LogP contribution in [0.2, 0.25) is 0 Å². The Morgan fingerprint density at radius 3 is 2.80 bits per heavy atom. The highest BCUT2D eigenvalue weighted by molar-refractivity contribution is 8.01. The molecule has 2 amide bonds. The number of amides is 2. The molecular weight excluding hydrogens is 440 g/mol. The molecule has 1 aromatic carbocycles. The molecule has 1 aliphatic heterocycles. The number of morpholine rings is 1. The van der Waals surface area contributed by atoms with Crippen LogP contribution in [0, 0.1) is 0 Å². The fraction of sp³-hybridized carbons (Fsp3) is 0.300. The molecule has 0 saturated carbocycles. The highest BCUT2D eigenvalue weighted by atomic mass is 32.2. The van der Waals surface area contributed by atoms with Gasteiger partial charge in [0, 0.05) is 25.0 Å². The molecular formula is C20H20N4O3S3. The number of carbonyl (C=O) groups excluding carboxylic acids is 2. The van der Waals surface area contributed by atoms with Gasteiger partial charge in [-0.25, -0.2) is 9.97 Å². The average molecular weight is 461 g/mol. The molecule has 0 bridgehead atoms. The van der Waals surface area contributed by atoms with Gasteiger partial charge in [0.1, 0.15) is 0 Å². The molecule has 0 radical (unpaired) electrons. The van der Waals surface area contributed by atoms with Gasteiger partial charge in [0.15, 0.2) is 4.34 Å². The summed E-state index contributed by atoms with van der Waals surface area (Å²) in [5, 5.41) is 3.74. The number of aromatic nitrogens is 2. The molecule has 1 saturated heterocycles. The Kier molecular flexibility index (Phi) is 7.21. The van der Waals surface area contributed by atoms with Crippen molar-refractivity contribution in [1.29, 1.82) is 0 Å². The number of benzene rings is 1. The van der Waals surface area contributed by atoms with Gasteiger partial charge >= 0.3 is 0 Å². The maximum absolute atomic E-state index is 12.3. The number of rotatable bonds is 7. The largest absolute Gasteiger partial charge is 0.378 e. The maximum atomic E-state index is 12.3. The molecule has 0 spiro atoms. The van der Waals surface area contributed by atoms with Crippen LogP contribution >= 0.6 is 34.9 Å². The molecule has 2 aromatic heterocycles. The Hall–Kier alpha value is -2.14. The number of carbonyl (C=O) groups is 2. The molecule has 1 aliphatic rings. The van der Waals surface area contributed by atoms with Gasteiger partial charge in [0.2, 0.25) is 11.8 Å². The number of hydrogen-bond acceptors (Lipinski definition) is 8. The quantitative estimate of drug-likeness (QED) is 0.541. The van der Waals surface area contributed by atoms with Gasteiger partial charge in [-0.3, -0.25) is 9.59 Å². The highest BCUT2D eigenvalue weighted by Gasteiger charge is 2.17. The van der Waals surface area contributed by atoms with Crippen LogP contribution in [0.4, 0.5) is 5.69 Å². The molecule has 3 heterocycles. The van der Waals surface area contributed by atoms with Gasteiger partial charge in [-0.15, -0.1) is 11.3 Å². The fourth-order valence-electron chi connectivity index (χ4n) is 2.84. The van der Waals surface area contributed by atoms with Crippen LogP contribution in [0.25, 0.3) is 10.2 Å². The summed E-state index contributed by atoms with van der Waals surface area (Å²) in [7, 11) is 0. The molecule has 30 heavy (non-hydrogen) atoms. The van der Waals surface area contributed by atoms with Crippen molar-refractivity contribution in [3.05, 3.63) is 42.6 Å². The maximum Gasteiger partial charge on any atom is 0.234 e. The first-order valence-corrected chi connectivity index (χ1v) is 12.2. The van der Waals surface area contributed by atoms with E-state index in [0.717, 1.165) is 25.3 Å². The topological polar surface area (TPSA) is 84.4 Å². The summed E-state index contributed by atoms with van der Waals surface area (Å²) in [6.45, 7) is 2.51. The van der Waals surface area contributed by atoms with E-state index in [9.17, 15) is 9.59 Å². The van der Waals surface area contributed by atoms with E-state index in [0.29, 0.717) is 37.8 Å². The molecule has 156 valence electrons. The lowest BCUT2D eigenvalue weighted by atomic mass is 10.3. The molecule has 10 heteroatoms. The third-order valence-corrected chi connectivity index (χ3v) is 7.41. The van der Waals surface area contributed by atoms with E-state index in [1.54, 1.807) is 6.20 Å². The second-order valence-corrected chi connectivity index (χ2v) is 9.70. The number of anilines is 1. The first-order valence-electron chi connectivity index (χ1n) is 9.40. The monoisotopic (exact) mass is 460 g/mol. The zero-order valence-electron chi connectivity index (χ0n) is 16.1. The number of nitrogens with zero attached hydrogens (tertiary/aromatic N) is 3. The minimum Gasteiger partial charge on any atom is -0.378 e. The van der Waals surface area contributed by atoms with Gasteiger partial charge in [0.25, 0.3) is 0 Å². The first-order chi connectivity index (χ1) is 14.7. The molecule has 0 unspecified atom stereocenters. The summed E-state index contributed by atoms with van der Waals surface area (Å²) < 4.78 is 7.11. The number of fused-ring (bicyclic) bond motifs is 1.